The second-order valence-electron chi connectivity index (χ2n) is 6.56. The van der Waals surface area contributed by atoms with Gasteiger partial charge in [0, 0.05) is 36.7 Å². The quantitative estimate of drug-likeness (QED) is 0.733. The van der Waals surface area contributed by atoms with Crippen LogP contribution in [0, 0.1) is 6.92 Å². The smallest absolute Gasteiger partial charge is 0.310 e. The number of aromatic nitrogens is 3. The lowest BCUT2D eigenvalue weighted by Crippen LogP contribution is -2.09. The molecule has 0 aliphatic carbocycles. The van der Waals surface area contributed by atoms with Gasteiger partial charge in [0.15, 0.2) is 5.75 Å². The van der Waals surface area contributed by atoms with E-state index in [0.717, 1.165) is 30.2 Å². The second-order valence-corrected chi connectivity index (χ2v) is 6.56. The van der Waals surface area contributed by atoms with Gasteiger partial charge in [-0.05, 0) is 36.2 Å². The molecule has 1 aliphatic rings. The lowest BCUT2D eigenvalue weighted by molar-refractivity contribution is -0.134. The van der Waals surface area contributed by atoms with Crippen LogP contribution in [0.1, 0.15) is 35.9 Å². The molecule has 1 aliphatic heterocycles. The van der Waals surface area contributed by atoms with E-state index in [0.29, 0.717) is 18.7 Å². The highest BCUT2D eigenvalue weighted by Crippen LogP contribution is 2.29. The van der Waals surface area contributed by atoms with Crippen molar-refractivity contribution in [2.45, 2.75) is 39.9 Å². The number of carbonyl (C=O) groups is 1. The van der Waals surface area contributed by atoms with Crippen LogP contribution in [-0.4, -0.2) is 20.3 Å². The Kier molecular flexibility index (Phi) is 4.24. The first kappa shape index (κ1) is 16.4. The Morgan fingerprint density at radius 3 is 2.96 bits per heavy atom. The summed E-state index contributed by atoms with van der Waals surface area (Å²) in [6.07, 6.45) is 4.17. The number of rotatable bonds is 4. The van der Waals surface area contributed by atoms with Gasteiger partial charge in [0.2, 0.25) is 0 Å². The monoisotopic (exact) mass is 350 g/mol. The molecule has 6 nitrogen and oxygen atoms in total. The lowest BCUT2D eigenvalue weighted by atomic mass is 10.1. The van der Waals surface area contributed by atoms with Crippen LogP contribution in [0.15, 0.2) is 42.7 Å². The summed E-state index contributed by atoms with van der Waals surface area (Å²) in [7, 11) is 0. The van der Waals surface area contributed by atoms with E-state index in [9.17, 15) is 4.79 Å². The summed E-state index contributed by atoms with van der Waals surface area (Å²) in [6.45, 7) is 5.98. The lowest BCUT2D eigenvalue weighted by Gasteiger charge is -2.11. The predicted octanol–water partition coefficient (Wildman–Crippen LogP) is 3.33. The molecule has 3 heterocycles. The van der Waals surface area contributed by atoms with Crippen molar-refractivity contribution in [1.82, 2.24) is 14.3 Å². The third kappa shape index (κ3) is 3.10. The van der Waals surface area contributed by atoms with Crippen LogP contribution < -0.4 is 10.1 Å². The first-order valence-corrected chi connectivity index (χ1v) is 8.87. The number of carbonyl (C=O) groups excluding carboxylic acids is 1. The minimum atomic E-state index is -0.211. The van der Waals surface area contributed by atoms with E-state index in [1.807, 2.05) is 29.2 Å². The maximum atomic E-state index is 11.6. The summed E-state index contributed by atoms with van der Waals surface area (Å²) in [5.41, 5.74) is 5.67. The van der Waals surface area contributed by atoms with Gasteiger partial charge in [-0.2, -0.15) is 5.10 Å². The fraction of sp³-hybridized carbons (Fsp3) is 0.300. The van der Waals surface area contributed by atoms with Gasteiger partial charge in [-0.25, -0.2) is 0 Å². The average molecular weight is 350 g/mol. The maximum Gasteiger partial charge on any atom is 0.310 e. The molecule has 134 valence electrons. The highest BCUT2D eigenvalue weighted by Gasteiger charge is 2.18. The molecular weight excluding hydrogens is 328 g/mol. The Labute approximate surface area is 152 Å². The number of nitrogens with zero attached hydrogens (tertiary/aromatic N) is 3. The van der Waals surface area contributed by atoms with E-state index in [2.05, 4.69) is 40.1 Å². The van der Waals surface area contributed by atoms with Crippen LogP contribution in [0.3, 0.4) is 0 Å². The molecular formula is C20H22N4O2. The molecule has 1 N–H and O–H groups in total. The van der Waals surface area contributed by atoms with E-state index >= 15 is 0 Å². The largest absolute Gasteiger partial charge is 0.425 e. The molecule has 0 fully saturated rings. The molecule has 0 saturated carbocycles. The van der Waals surface area contributed by atoms with Gasteiger partial charge in [-0.15, -0.1) is 0 Å². The van der Waals surface area contributed by atoms with Crippen molar-refractivity contribution in [1.29, 1.82) is 0 Å². The van der Waals surface area contributed by atoms with E-state index in [1.54, 1.807) is 6.92 Å². The molecule has 26 heavy (non-hydrogen) atoms. The van der Waals surface area contributed by atoms with Crippen molar-refractivity contribution in [2.24, 2.45) is 0 Å². The Morgan fingerprint density at radius 1 is 1.31 bits per heavy atom. The van der Waals surface area contributed by atoms with Gasteiger partial charge in [-0.3, -0.25) is 9.48 Å². The standard InChI is InChI=1S/C20H22N4O2/c1-3-20(25)26-19-7-9-23-13-16-5-4-15(10-17(16)21-11-18(19)23)12-24-14(2)6-8-22-24/h4-10,21H,3,11-13H2,1-2H3. The zero-order valence-electron chi connectivity index (χ0n) is 15.0. The highest BCUT2D eigenvalue weighted by molar-refractivity contribution is 5.72. The van der Waals surface area contributed by atoms with Gasteiger partial charge in [0.25, 0.3) is 0 Å². The summed E-state index contributed by atoms with van der Waals surface area (Å²) in [6, 6.07) is 10.4. The van der Waals surface area contributed by atoms with Crippen LogP contribution >= 0.6 is 0 Å². The van der Waals surface area contributed by atoms with Crippen molar-refractivity contribution in [2.75, 3.05) is 5.32 Å². The molecule has 0 bridgehead atoms. The topological polar surface area (TPSA) is 61.1 Å². The van der Waals surface area contributed by atoms with E-state index in [4.69, 9.17) is 4.74 Å². The van der Waals surface area contributed by atoms with E-state index in [1.165, 1.54) is 11.1 Å². The second kappa shape index (κ2) is 6.71. The number of ether oxygens (including phenoxy) is 1. The number of fused-ring (bicyclic) bond motifs is 2. The number of esters is 1. The van der Waals surface area contributed by atoms with Crippen LogP contribution in [0.4, 0.5) is 5.69 Å². The SMILES string of the molecule is CCC(=O)Oc1ccn2c1CNc1cc(Cn3nccc3C)ccc1C2. The summed E-state index contributed by atoms with van der Waals surface area (Å²) in [5, 5.41) is 7.85. The number of aryl methyl sites for hydroxylation is 1. The number of benzene rings is 1. The fourth-order valence-electron chi connectivity index (χ4n) is 3.23. The van der Waals surface area contributed by atoms with Crippen molar-refractivity contribution in [3.63, 3.8) is 0 Å². The summed E-state index contributed by atoms with van der Waals surface area (Å²) in [4.78, 5) is 11.6. The normalized spacial score (nSPS) is 12.7. The van der Waals surface area contributed by atoms with Crippen LogP contribution in [0.25, 0.3) is 0 Å². The fourth-order valence-corrected chi connectivity index (χ4v) is 3.23. The minimum absolute atomic E-state index is 0.211. The zero-order chi connectivity index (χ0) is 18.1. The molecule has 2 aromatic heterocycles. The summed E-state index contributed by atoms with van der Waals surface area (Å²) >= 11 is 0. The van der Waals surface area contributed by atoms with Gasteiger partial charge < -0.3 is 14.6 Å². The average Bonchev–Trinajstić information content (AvgIpc) is 3.15. The summed E-state index contributed by atoms with van der Waals surface area (Å²) < 4.78 is 9.58. The molecule has 4 rings (SSSR count). The van der Waals surface area contributed by atoms with E-state index in [-0.39, 0.29) is 5.97 Å². The third-order valence-corrected chi connectivity index (χ3v) is 4.77. The van der Waals surface area contributed by atoms with Crippen molar-refractivity contribution in [3.8, 4) is 5.75 Å². The molecule has 1 aromatic carbocycles. The van der Waals surface area contributed by atoms with Crippen molar-refractivity contribution < 1.29 is 9.53 Å². The van der Waals surface area contributed by atoms with Crippen LogP contribution in [0.2, 0.25) is 0 Å². The molecule has 0 unspecified atom stereocenters. The van der Waals surface area contributed by atoms with Gasteiger partial charge in [-0.1, -0.05) is 19.1 Å². The first-order chi connectivity index (χ1) is 12.6. The third-order valence-electron chi connectivity index (χ3n) is 4.77. The van der Waals surface area contributed by atoms with Gasteiger partial charge >= 0.3 is 5.97 Å². The van der Waals surface area contributed by atoms with Crippen LogP contribution in [-0.2, 0) is 24.4 Å². The Hall–Kier alpha value is -3.02. The molecule has 6 heteroatoms. The number of anilines is 1. The Balaban J connectivity index is 1.57. The Bertz CT molecular complexity index is 955. The predicted molar refractivity (Wildman–Crippen MR) is 99.3 cm³/mol. The minimum Gasteiger partial charge on any atom is -0.425 e. The van der Waals surface area contributed by atoms with E-state index < -0.39 is 0 Å². The van der Waals surface area contributed by atoms with Crippen molar-refractivity contribution in [3.05, 3.63) is 65.2 Å². The maximum absolute atomic E-state index is 11.6. The van der Waals surface area contributed by atoms with Gasteiger partial charge in [0.05, 0.1) is 18.8 Å². The van der Waals surface area contributed by atoms with Crippen LogP contribution in [0.5, 0.6) is 5.75 Å². The number of hydrogen-bond donors (Lipinski definition) is 1. The molecule has 0 atom stereocenters. The highest BCUT2D eigenvalue weighted by atomic mass is 16.5. The van der Waals surface area contributed by atoms with Crippen molar-refractivity contribution >= 4 is 11.7 Å². The zero-order valence-corrected chi connectivity index (χ0v) is 15.0. The molecule has 3 aromatic rings. The van der Waals surface area contributed by atoms with Gasteiger partial charge in [0.1, 0.15) is 0 Å². The number of hydrogen-bond acceptors (Lipinski definition) is 4. The Morgan fingerprint density at radius 2 is 2.19 bits per heavy atom. The summed E-state index contributed by atoms with van der Waals surface area (Å²) in [5.74, 6) is 0.433. The molecule has 0 spiro atoms. The first-order valence-electron chi connectivity index (χ1n) is 8.87. The molecule has 0 amide bonds. The molecule has 0 saturated heterocycles. The molecule has 0 radical (unpaired) electrons. The number of nitrogens with one attached hydrogen (secondary N) is 1.